The van der Waals surface area contributed by atoms with E-state index < -0.39 is 0 Å². The zero-order valence-electron chi connectivity index (χ0n) is 11.7. The minimum atomic E-state index is 0.227. The highest BCUT2D eigenvalue weighted by molar-refractivity contribution is 6.01. The maximum Gasteiger partial charge on any atom is 0.163 e. The molecule has 1 unspecified atom stereocenters. The molecule has 0 aromatic heterocycles. The number of benzene rings is 2. The van der Waals surface area contributed by atoms with Crippen molar-refractivity contribution in [3.8, 4) is 11.5 Å². The number of para-hydroxylation sites is 1. The number of carbonyl (C=O) groups excluding carboxylic acids is 1. The summed E-state index contributed by atoms with van der Waals surface area (Å²) in [6, 6.07) is 13.8. The number of hydrogen-bond acceptors (Lipinski definition) is 3. The highest BCUT2D eigenvalue weighted by atomic mass is 16.5. The molecule has 0 radical (unpaired) electrons. The summed E-state index contributed by atoms with van der Waals surface area (Å²) in [7, 11) is 0. The van der Waals surface area contributed by atoms with Gasteiger partial charge in [0.25, 0.3) is 0 Å². The molecule has 1 aliphatic heterocycles. The molecule has 0 N–H and O–H groups in total. The summed E-state index contributed by atoms with van der Waals surface area (Å²) in [4.78, 5) is 11.8. The number of hydrogen-bond donors (Lipinski definition) is 0. The van der Waals surface area contributed by atoms with E-state index in [0.29, 0.717) is 19.6 Å². The smallest absolute Gasteiger partial charge is 0.163 e. The third-order valence-electron chi connectivity index (χ3n) is 4.27. The van der Waals surface area contributed by atoms with Crippen LogP contribution >= 0.6 is 0 Å². The number of rotatable bonds is 3. The number of Topliss-reactive ketones (excluding diaryl/α,β-unsaturated/α-hetero) is 1. The molecule has 0 bridgehead atoms. The summed E-state index contributed by atoms with van der Waals surface area (Å²) >= 11 is 0. The van der Waals surface area contributed by atoms with Crippen LogP contribution in [0.3, 0.4) is 0 Å². The minimum absolute atomic E-state index is 0.227. The Morgan fingerprint density at radius 2 is 2.00 bits per heavy atom. The Bertz CT molecular complexity index is 705. The van der Waals surface area contributed by atoms with Crippen LogP contribution in [0.5, 0.6) is 11.5 Å². The average Bonchev–Trinajstić information content (AvgIpc) is 3.10. The first-order valence-electron chi connectivity index (χ1n) is 7.32. The second-order valence-electron chi connectivity index (χ2n) is 5.56. The Hall–Kier alpha value is -2.29. The van der Waals surface area contributed by atoms with Crippen molar-refractivity contribution in [2.45, 2.75) is 18.8 Å². The zero-order chi connectivity index (χ0) is 14.2. The molecule has 2 aromatic carbocycles. The molecule has 1 heterocycles. The van der Waals surface area contributed by atoms with Crippen molar-refractivity contribution in [2.24, 2.45) is 0 Å². The van der Waals surface area contributed by atoms with E-state index >= 15 is 0 Å². The molecule has 0 saturated carbocycles. The molecular weight excluding hydrogens is 264 g/mol. The predicted molar refractivity (Wildman–Crippen MR) is 79.3 cm³/mol. The molecule has 2 aliphatic rings. The lowest BCUT2D eigenvalue weighted by atomic mass is 10.0. The van der Waals surface area contributed by atoms with Gasteiger partial charge in [-0.2, -0.15) is 0 Å². The van der Waals surface area contributed by atoms with E-state index in [1.165, 1.54) is 5.56 Å². The van der Waals surface area contributed by atoms with Crippen LogP contribution in [0.2, 0.25) is 0 Å². The van der Waals surface area contributed by atoms with Gasteiger partial charge in [0, 0.05) is 23.1 Å². The van der Waals surface area contributed by atoms with E-state index in [1.54, 1.807) is 0 Å². The van der Waals surface area contributed by atoms with Crippen molar-refractivity contribution in [1.82, 2.24) is 0 Å². The van der Waals surface area contributed by atoms with Gasteiger partial charge in [0.1, 0.15) is 11.5 Å². The normalized spacial score (nSPS) is 19.0. The molecule has 1 aliphatic carbocycles. The summed E-state index contributed by atoms with van der Waals surface area (Å²) < 4.78 is 11.7. The van der Waals surface area contributed by atoms with Crippen molar-refractivity contribution >= 4 is 5.78 Å². The lowest BCUT2D eigenvalue weighted by molar-refractivity contribution is 0.0994. The molecule has 0 amide bonds. The lowest BCUT2D eigenvalue weighted by Crippen LogP contribution is -2.12. The molecule has 0 saturated heterocycles. The Kier molecular flexibility index (Phi) is 2.92. The van der Waals surface area contributed by atoms with E-state index in [2.05, 4.69) is 6.07 Å². The van der Waals surface area contributed by atoms with Gasteiger partial charge in [0.2, 0.25) is 0 Å². The highest BCUT2D eigenvalue weighted by Gasteiger charge is 2.26. The van der Waals surface area contributed by atoms with Crippen LogP contribution in [0, 0.1) is 0 Å². The highest BCUT2D eigenvalue weighted by Crippen LogP contribution is 2.35. The summed E-state index contributed by atoms with van der Waals surface area (Å²) in [6.45, 7) is 1.24. The SMILES string of the molecule is O=C1CCc2c(OCC3COc4ccccc43)cccc21. The van der Waals surface area contributed by atoms with Gasteiger partial charge in [0.05, 0.1) is 19.1 Å². The molecule has 1 atom stereocenters. The summed E-state index contributed by atoms with van der Waals surface area (Å²) in [5, 5.41) is 0. The van der Waals surface area contributed by atoms with Crippen molar-refractivity contribution < 1.29 is 14.3 Å². The topological polar surface area (TPSA) is 35.5 Å². The maximum atomic E-state index is 11.8. The van der Waals surface area contributed by atoms with Crippen molar-refractivity contribution in [2.75, 3.05) is 13.2 Å². The molecule has 3 nitrogen and oxygen atoms in total. The van der Waals surface area contributed by atoms with Gasteiger partial charge in [-0.3, -0.25) is 4.79 Å². The van der Waals surface area contributed by atoms with Crippen molar-refractivity contribution in [3.63, 3.8) is 0 Å². The molecule has 4 rings (SSSR count). The number of carbonyl (C=O) groups is 1. The lowest BCUT2D eigenvalue weighted by Gasteiger charge is -2.13. The van der Waals surface area contributed by atoms with Crippen molar-refractivity contribution in [1.29, 1.82) is 0 Å². The second-order valence-corrected chi connectivity index (χ2v) is 5.56. The number of ketones is 1. The summed E-state index contributed by atoms with van der Waals surface area (Å²) in [5.41, 5.74) is 3.10. The second kappa shape index (κ2) is 4.92. The van der Waals surface area contributed by atoms with Crippen LogP contribution in [-0.2, 0) is 6.42 Å². The standard InChI is InChI=1S/C18H16O3/c19-16-9-8-15-14(16)5-3-7-18(15)21-11-12-10-20-17-6-2-1-4-13(12)17/h1-7,12H,8-11H2. The third kappa shape index (κ3) is 2.09. The molecular formula is C18H16O3. The molecule has 3 heteroatoms. The van der Waals surface area contributed by atoms with Crippen LogP contribution in [0.4, 0.5) is 0 Å². The first-order valence-corrected chi connectivity index (χ1v) is 7.32. The maximum absolute atomic E-state index is 11.8. The Morgan fingerprint density at radius 1 is 1.10 bits per heavy atom. The van der Waals surface area contributed by atoms with E-state index in [4.69, 9.17) is 9.47 Å². The minimum Gasteiger partial charge on any atom is -0.493 e. The van der Waals surface area contributed by atoms with Crippen LogP contribution in [-0.4, -0.2) is 19.0 Å². The van der Waals surface area contributed by atoms with Gasteiger partial charge in [0.15, 0.2) is 5.78 Å². The predicted octanol–water partition coefficient (Wildman–Crippen LogP) is 3.37. The van der Waals surface area contributed by atoms with Crippen molar-refractivity contribution in [3.05, 3.63) is 59.2 Å². The van der Waals surface area contributed by atoms with E-state index in [0.717, 1.165) is 29.0 Å². The fourth-order valence-electron chi connectivity index (χ4n) is 3.15. The zero-order valence-corrected chi connectivity index (χ0v) is 11.7. The fourth-order valence-corrected chi connectivity index (χ4v) is 3.15. The number of ether oxygens (including phenoxy) is 2. The third-order valence-corrected chi connectivity index (χ3v) is 4.27. The molecule has 21 heavy (non-hydrogen) atoms. The van der Waals surface area contributed by atoms with Gasteiger partial charge in [-0.15, -0.1) is 0 Å². The van der Waals surface area contributed by atoms with Crippen LogP contribution in [0.1, 0.15) is 33.8 Å². The van der Waals surface area contributed by atoms with Crippen LogP contribution in [0.15, 0.2) is 42.5 Å². The molecule has 0 spiro atoms. The van der Waals surface area contributed by atoms with E-state index in [1.807, 2.05) is 36.4 Å². The Morgan fingerprint density at radius 3 is 2.95 bits per heavy atom. The largest absolute Gasteiger partial charge is 0.493 e. The van der Waals surface area contributed by atoms with Gasteiger partial charge in [-0.25, -0.2) is 0 Å². The van der Waals surface area contributed by atoms with Crippen LogP contribution < -0.4 is 9.47 Å². The summed E-state index contributed by atoms with van der Waals surface area (Å²) in [6.07, 6.45) is 1.40. The Labute approximate surface area is 123 Å². The fraction of sp³-hybridized carbons (Fsp3) is 0.278. The van der Waals surface area contributed by atoms with Gasteiger partial charge < -0.3 is 9.47 Å². The molecule has 2 aromatic rings. The van der Waals surface area contributed by atoms with Gasteiger partial charge in [-0.05, 0) is 18.6 Å². The van der Waals surface area contributed by atoms with E-state index in [9.17, 15) is 4.79 Å². The van der Waals surface area contributed by atoms with Crippen LogP contribution in [0.25, 0.3) is 0 Å². The van der Waals surface area contributed by atoms with Gasteiger partial charge >= 0.3 is 0 Å². The monoisotopic (exact) mass is 280 g/mol. The van der Waals surface area contributed by atoms with Gasteiger partial charge in [-0.1, -0.05) is 30.3 Å². The molecule has 106 valence electrons. The first-order chi connectivity index (χ1) is 10.3. The Balaban J connectivity index is 1.53. The quantitative estimate of drug-likeness (QED) is 0.864. The average molecular weight is 280 g/mol. The van der Waals surface area contributed by atoms with E-state index in [-0.39, 0.29) is 11.7 Å². The first kappa shape index (κ1) is 12.5. The summed E-state index contributed by atoms with van der Waals surface area (Å²) in [5.74, 6) is 2.29. The number of fused-ring (bicyclic) bond motifs is 2. The molecule has 0 fully saturated rings.